The fraction of sp³-hybridized carbons (Fsp3) is 0.200. The maximum Gasteiger partial charge on any atom is 0.255 e. The van der Waals surface area contributed by atoms with Crippen LogP contribution in [0.5, 0.6) is 0 Å². The Bertz CT molecular complexity index is 1000. The third-order valence-corrected chi connectivity index (χ3v) is 5.81. The fourth-order valence-electron chi connectivity index (χ4n) is 2.86. The molecule has 0 spiro atoms. The second-order valence-corrected chi connectivity index (χ2v) is 8.20. The lowest BCUT2D eigenvalue weighted by Gasteiger charge is -2.28. The molecule has 8 nitrogen and oxygen atoms in total. The number of hydrogen-bond donors (Lipinski definition) is 3. The highest BCUT2D eigenvalue weighted by atomic mass is 32.2. The van der Waals surface area contributed by atoms with Crippen molar-refractivity contribution in [1.29, 1.82) is 0 Å². The van der Waals surface area contributed by atoms with Crippen molar-refractivity contribution in [3.05, 3.63) is 66.7 Å². The monoisotopic (exact) mass is 414 g/mol. The van der Waals surface area contributed by atoms with Gasteiger partial charge in [-0.25, -0.2) is 13.1 Å². The number of anilines is 2. The van der Waals surface area contributed by atoms with Crippen molar-refractivity contribution in [1.82, 2.24) is 10.0 Å². The average molecular weight is 414 g/mol. The summed E-state index contributed by atoms with van der Waals surface area (Å²) in [5.74, 6) is -0.364. The van der Waals surface area contributed by atoms with E-state index in [0.29, 0.717) is 24.3 Å². The Balaban J connectivity index is 1.64. The molecule has 3 N–H and O–H groups in total. The van der Waals surface area contributed by atoms with Crippen molar-refractivity contribution in [2.75, 3.05) is 36.4 Å². The lowest BCUT2D eigenvalue weighted by Crippen LogP contribution is -2.47. The first-order valence-electron chi connectivity index (χ1n) is 9.03. The molecule has 0 saturated carbocycles. The van der Waals surface area contributed by atoms with Crippen LogP contribution < -0.4 is 20.3 Å². The minimum Gasteiger partial charge on any atom is -0.360 e. The van der Waals surface area contributed by atoms with Crippen LogP contribution in [-0.4, -0.2) is 46.4 Å². The number of rotatable bonds is 7. The van der Waals surface area contributed by atoms with E-state index < -0.39 is 10.0 Å². The molecule has 1 aliphatic rings. The van der Waals surface area contributed by atoms with Crippen molar-refractivity contribution >= 4 is 33.2 Å². The molecule has 1 heterocycles. The van der Waals surface area contributed by atoms with Gasteiger partial charge in [-0.15, -0.1) is 6.58 Å². The molecule has 1 aliphatic heterocycles. The first-order valence-corrected chi connectivity index (χ1v) is 10.5. The highest BCUT2D eigenvalue weighted by Crippen LogP contribution is 2.19. The van der Waals surface area contributed by atoms with E-state index in [2.05, 4.69) is 21.9 Å². The molecule has 2 aromatic carbocycles. The smallest absolute Gasteiger partial charge is 0.255 e. The van der Waals surface area contributed by atoms with E-state index in [4.69, 9.17) is 0 Å². The summed E-state index contributed by atoms with van der Waals surface area (Å²) in [7, 11) is -3.63. The van der Waals surface area contributed by atoms with E-state index in [0.717, 1.165) is 12.2 Å². The van der Waals surface area contributed by atoms with Gasteiger partial charge in [0, 0.05) is 36.6 Å². The Morgan fingerprint density at radius 1 is 1.14 bits per heavy atom. The molecule has 29 heavy (non-hydrogen) atoms. The lowest BCUT2D eigenvalue weighted by molar-refractivity contribution is -0.120. The van der Waals surface area contributed by atoms with Crippen LogP contribution >= 0.6 is 0 Å². The van der Waals surface area contributed by atoms with Crippen molar-refractivity contribution in [3.63, 3.8) is 0 Å². The fourth-order valence-corrected chi connectivity index (χ4v) is 3.85. The third-order valence-electron chi connectivity index (χ3n) is 4.37. The number of nitrogens with zero attached hydrogens (tertiary/aromatic N) is 1. The molecule has 2 amide bonds. The molecule has 0 atom stereocenters. The van der Waals surface area contributed by atoms with Gasteiger partial charge in [0.15, 0.2) is 0 Å². The summed E-state index contributed by atoms with van der Waals surface area (Å²) >= 11 is 0. The highest BCUT2D eigenvalue weighted by Gasteiger charge is 2.17. The molecule has 0 bridgehead atoms. The van der Waals surface area contributed by atoms with E-state index in [-0.39, 0.29) is 23.3 Å². The second kappa shape index (κ2) is 8.89. The Hall–Kier alpha value is -3.17. The van der Waals surface area contributed by atoms with Crippen LogP contribution in [0.1, 0.15) is 10.4 Å². The number of hydrogen-bond acceptors (Lipinski definition) is 5. The normalized spacial score (nSPS) is 14.2. The Morgan fingerprint density at radius 3 is 2.45 bits per heavy atom. The van der Waals surface area contributed by atoms with Gasteiger partial charge in [-0.05, 0) is 48.5 Å². The Morgan fingerprint density at radius 2 is 1.83 bits per heavy atom. The number of benzene rings is 2. The Labute approximate surface area is 169 Å². The van der Waals surface area contributed by atoms with E-state index in [9.17, 15) is 18.0 Å². The van der Waals surface area contributed by atoms with Gasteiger partial charge in [-0.3, -0.25) is 9.59 Å². The van der Waals surface area contributed by atoms with Gasteiger partial charge in [-0.2, -0.15) is 0 Å². The number of carbonyl (C=O) groups excluding carboxylic acids is 2. The summed E-state index contributed by atoms with van der Waals surface area (Å²) < 4.78 is 26.5. The van der Waals surface area contributed by atoms with Gasteiger partial charge >= 0.3 is 0 Å². The number of nitrogens with one attached hydrogen (secondary N) is 3. The minimum atomic E-state index is -3.63. The maximum atomic E-state index is 12.4. The van der Waals surface area contributed by atoms with Gasteiger partial charge in [0.2, 0.25) is 15.9 Å². The molecule has 0 radical (unpaired) electrons. The molecule has 9 heteroatoms. The summed E-state index contributed by atoms with van der Waals surface area (Å²) in [6.45, 7) is 5.24. The molecule has 1 fully saturated rings. The van der Waals surface area contributed by atoms with E-state index in [1.807, 2.05) is 17.0 Å². The topological polar surface area (TPSA) is 108 Å². The summed E-state index contributed by atoms with van der Waals surface area (Å²) in [5, 5.41) is 5.55. The summed E-state index contributed by atoms with van der Waals surface area (Å²) in [4.78, 5) is 26.0. The first kappa shape index (κ1) is 20.6. The van der Waals surface area contributed by atoms with Crippen LogP contribution in [0.3, 0.4) is 0 Å². The molecule has 3 rings (SSSR count). The second-order valence-electron chi connectivity index (χ2n) is 6.44. The van der Waals surface area contributed by atoms with Crippen LogP contribution in [0.25, 0.3) is 0 Å². The molecule has 0 aromatic heterocycles. The predicted octanol–water partition coefficient (Wildman–Crippen LogP) is 1.34. The SMILES string of the molecule is C=CCNS(=O)(=O)c1ccc(C(=O)Nc2ccc(N3CCNC(=O)C3)cc2)cc1. The predicted molar refractivity (Wildman–Crippen MR) is 111 cm³/mol. The van der Waals surface area contributed by atoms with Crippen molar-refractivity contribution in [2.45, 2.75) is 4.90 Å². The molecular formula is C20H22N4O4S. The number of carbonyl (C=O) groups is 2. The average Bonchev–Trinajstić information content (AvgIpc) is 2.73. The molecular weight excluding hydrogens is 392 g/mol. The highest BCUT2D eigenvalue weighted by molar-refractivity contribution is 7.89. The number of amides is 2. The molecule has 152 valence electrons. The zero-order valence-corrected chi connectivity index (χ0v) is 16.5. The Kier molecular flexibility index (Phi) is 6.30. The van der Waals surface area contributed by atoms with E-state index >= 15 is 0 Å². The molecule has 0 aliphatic carbocycles. The lowest BCUT2D eigenvalue weighted by atomic mass is 10.2. The van der Waals surface area contributed by atoms with Gasteiger partial charge in [0.05, 0.1) is 11.4 Å². The first-order chi connectivity index (χ1) is 13.9. The van der Waals surface area contributed by atoms with Crippen LogP contribution in [0.2, 0.25) is 0 Å². The summed E-state index contributed by atoms with van der Waals surface area (Å²) in [6, 6.07) is 12.9. The largest absolute Gasteiger partial charge is 0.360 e. The number of piperazine rings is 1. The van der Waals surface area contributed by atoms with Crippen LogP contribution in [-0.2, 0) is 14.8 Å². The molecule has 2 aromatic rings. The van der Waals surface area contributed by atoms with Gasteiger partial charge in [0.1, 0.15) is 0 Å². The van der Waals surface area contributed by atoms with E-state index in [1.54, 1.807) is 12.1 Å². The standard InChI is InChI=1S/C20H22N4O4S/c1-2-11-22-29(27,28)18-9-3-15(4-10-18)20(26)23-16-5-7-17(8-6-16)24-13-12-21-19(25)14-24/h2-10,22H,1,11-14H2,(H,21,25)(H,23,26). The number of sulfonamides is 1. The van der Waals surface area contributed by atoms with E-state index in [1.165, 1.54) is 30.3 Å². The zero-order valence-electron chi connectivity index (χ0n) is 15.7. The van der Waals surface area contributed by atoms with Crippen molar-refractivity contribution in [3.8, 4) is 0 Å². The minimum absolute atomic E-state index is 0.0150. The quantitative estimate of drug-likeness (QED) is 0.593. The zero-order chi connectivity index (χ0) is 20.9. The van der Waals surface area contributed by atoms with Crippen molar-refractivity contribution in [2.24, 2.45) is 0 Å². The van der Waals surface area contributed by atoms with Gasteiger partial charge in [0.25, 0.3) is 5.91 Å². The van der Waals surface area contributed by atoms with Gasteiger partial charge < -0.3 is 15.5 Å². The molecule has 0 unspecified atom stereocenters. The van der Waals surface area contributed by atoms with Crippen molar-refractivity contribution < 1.29 is 18.0 Å². The maximum absolute atomic E-state index is 12.4. The van der Waals surface area contributed by atoms with Gasteiger partial charge in [-0.1, -0.05) is 6.08 Å². The van der Waals surface area contributed by atoms with Crippen LogP contribution in [0.15, 0.2) is 66.1 Å². The summed E-state index contributed by atoms with van der Waals surface area (Å²) in [5.41, 5.74) is 1.84. The van der Waals surface area contributed by atoms with Crippen LogP contribution in [0, 0.1) is 0 Å². The summed E-state index contributed by atoms with van der Waals surface area (Å²) in [6.07, 6.45) is 1.45. The van der Waals surface area contributed by atoms with Crippen LogP contribution in [0.4, 0.5) is 11.4 Å². The third kappa shape index (κ3) is 5.21. The molecule has 1 saturated heterocycles.